The van der Waals surface area contributed by atoms with Crippen LogP contribution in [0.3, 0.4) is 0 Å². The van der Waals surface area contributed by atoms with Gasteiger partial charge in [-0.15, -0.1) is 0 Å². The Labute approximate surface area is 309 Å². The minimum Gasteiger partial charge on any atom is -0.309 e. The molecule has 0 spiro atoms. The molecule has 0 saturated carbocycles. The Morgan fingerprint density at radius 1 is 0.585 bits per heavy atom. The molecule has 0 unspecified atom stereocenters. The van der Waals surface area contributed by atoms with Gasteiger partial charge < -0.3 is 9.13 Å². The molecule has 0 atom stereocenters. The summed E-state index contributed by atoms with van der Waals surface area (Å²) in [4.78, 5) is 0. The molecule has 53 heavy (non-hydrogen) atoms. The molecule has 0 radical (unpaired) electrons. The fraction of sp³-hybridized carbons (Fsp3) is 0.0800. The Kier molecular flexibility index (Phi) is 6.38. The summed E-state index contributed by atoms with van der Waals surface area (Å²) in [5.41, 5.74) is 11.8. The van der Waals surface area contributed by atoms with E-state index in [0.717, 1.165) is 38.8 Å². The van der Waals surface area contributed by atoms with Crippen LogP contribution in [-0.2, 0) is 16.4 Å². The van der Waals surface area contributed by atoms with E-state index in [-0.39, 0.29) is 5.41 Å². The van der Waals surface area contributed by atoms with Crippen LogP contribution in [0.15, 0.2) is 164 Å². The summed E-state index contributed by atoms with van der Waals surface area (Å²) in [5, 5.41) is 10.1. The van der Waals surface area contributed by atoms with Crippen molar-refractivity contribution in [2.75, 3.05) is 0 Å². The van der Waals surface area contributed by atoms with Crippen molar-refractivity contribution in [2.24, 2.45) is 0 Å². The van der Waals surface area contributed by atoms with Gasteiger partial charge in [0.2, 0.25) is 0 Å². The van der Waals surface area contributed by atoms with E-state index in [2.05, 4.69) is 128 Å². The molecule has 1 aromatic heterocycles. The highest BCUT2D eigenvalue weighted by molar-refractivity contribution is 7.85. The third kappa shape index (κ3) is 4.19. The summed E-state index contributed by atoms with van der Waals surface area (Å²) in [6.45, 7) is 4.79. The van der Waals surface area contributed by atoms with Gasteiger partial charge in [0, 0.05) is 37.8 Å². The van der Waals surface area contributed by atoms with Crippen molar-refractivity contribution in [3.63, 3.8) is 0 Å². The van der Waals surface area contributed by atoms with Crippen molar-refractivity contribution in [3.8, 4) is 16.8 Å². The first-order valence-electron chi connectivity index (χ1n) is 18.5. The smallest absolute Gasteiger partial charge is 0.171 e. The summed E-state index contributed by atoms with van der Waals surface area (Å²) in [5.74, 6) is 0. The van der Waals surface area contributed by atoms with Crippen LogP contribution in [0.4, 0.5) is 0 Å². The molecule has 8 aromatic carbocycles. The van der Waals surface area contributed by atoms with Crippen LogP contribution in [0, 0.1) is 0 Å². The number of para-hydroxylation sites is 1. The Balaban J connectivity index is 1.15. The first-order chi connectivity index (χ1) is 25.9. The Bertz CT molecular complexity index is 3030. The number of rotatable bonds is 4. The molecule has 0 saturated heterocycles. The zero-order valence-electron chi connectivity index (χ0n) is 29.7. The van der Waals surface area contributed by atoms with E-state index < -0.39 is 7.14 Å². The van der Waals surface area contributed by atoms with Gasteiger partial charge in [-0.3, -0.25) is 0 Å². The fourth-order valence-corrected chi connectivity index (χ4v) is 12.3. The summed E-state index contributed by atoms with van der Waals surface area (Å²) in [6, 6.07) is 55.8. The Morgan fingerprint density at radius 3 is 2.06 bits per heavy atom. The van der Waals surface area contributed by atoms with Gasteiger partial charge in [0.25, 0.3) is 0 Å². The molecule has 0 aliphatic heterocycles. The molecule has 0 bridgehead atoms. The van der Waals surface area contributed by atoms with Crippen molar-refractivity contribution >= 4 is 72.5 Å². The molecule has 1 heterocycles. The monoisotopic (exact) mass is 697 g/mol. The van der Waals surface area contributed by atoms with E-state index in [4.69, 9.17) is 0 Å². The second kappa shape index (κ2) is 11.0. The SMILES string of the molecule is CC1(C)c2ccccc2-c2cc3c4c(c5c(cc4c21)c1ccccc1n5-c1ccc2cc(P(=O)(c4ccccc4)c4ccccc4)ccc2c1)CC=C3. The highest BCUT2D eigenvalue weighted by Gasteiger charge is 2.38. The third-order valence-corrected chi connectivity index (χ3v) is 15.0. The Hall–Kier alpha value is -5.95. The van der Waals surface area contributed by atoms with Crippen molar-refractivity contribution < 1.29 is 4.57 Å². The minimum atomic E-state index is -3.08. The van der Waals surface area contributed by atoms with E-state index in [9.17, 15) is 0 Å². The van der Waals surface area contributed by atoms with Crippen LogP contribution in [0.25, 0.3) is 66.2 Å². The maximum Gasteiger partial charge on any atom is 0.171 e. The van der Waals surface area contributed by atoms with Crippen molar-refractivity contribution in [1.29, 1.82) is 0 Å². The van der Waals surface area contributed by atoms with Gasteiger partial charge in [-0.05, 0) is 97.7 Å². The number of benzene rings is 8. The maximum atomic E-state index is 15.2. The lowest BCUT2D eigenvalue weighted by Gasteiger charge is -2.26. The molecular weight excluding hydrogens is 662 g/mol. The molecular formula is C50H36NOP. The first kappa shape index (κ1) is 30.7. The summed E-state index contributed by atoms with van der Waals surface area (Å²) in [7, 11) is -3.08. The molecule has 11 rings (SSSR count). The van der Waals surface area contributed by atoms with Crippen LogP contribution in [0.1, 0.15) is 36.1 Å². The zero-order chi connectivity index (χ0) is 35.5. The highest BCUT2D eigenvalue weighted by Crippen LogP contribution is 2.54. The molecule has 0 N–H and O–H groups in total. The summed E-state index contributed by atoms with van der Waals surface area (Å²) < 4.78 is 17.7. The van der Waals surface area contributed by atoms with Crippen molar-refractivity contribution in [3.05, 3.63) is 186 Å². The lowest BCUT2D eigenvalue weighted by atomic mass is 9.78. The predicted molar refractivity (Wildman–Crippen MR) is 225 cm³/mol. The van der Waals surface area contributed by atoms with E-state index in [1.54, 1.807) is 0 Å². The normalized spacial score (nSPS) is 14.3. The largest absolute Gasteiger partial charge is 0.309 e. The highest BCUT2D eigenvalue weighted by atomic mass is 31.2. The summed E-state index contributed by atoms with van der Waals surface area (Å²) >= 11 is 0. The quantitative estimate of drug-likeness (QED) is 0.168. The van der Waals surface area contributed by atoms with Crippen LogP contribution in [0.2, 0.25) is 0 Å². The van der Waals surface area contributed by atoms with E-state index in [1.165, 1.54) is 66.0 Å². The van der Waals surface area contributed by atoms with E-state index >= 15 is 4.57 Å². The van der Waals surface area contributed by atoms with Gasteiger partial charge in [-0.2, -0.15) is 0 Å². The van der Waals surface area contributed by atoms with Crippen LogP contribution < -0.4 is 15.9 Å². The number of allylic oxidation sites excluding steroid dienone is 1. The fourth-order valence-electron chi connectivity index (χ4n) is 9.64. The second-order valence-electron chi connectivity index (χ2n) is 15.2. The van der Waals surface area contributed by atoms with Crippen molar-refractivity contribution in [2.45, 2.75) is 25.7 Å². The molecule has 2 nitrogen and oxygen atoms in total. The van der Waals surface area contributed by atoms with Crippen LogP contribution >= 0.6 is 7.14 Å². The molecule has 252 valence electrons. The standard InChI is InChI=1S/C50H36NOP/c1-50(2)45-22-11-9-19-39(45)42-30-34-14-13-21-41-47(34)44(48(42)50)31-43-40-20-10-12-23-46(40)51(49(41)43)35-26-24-33-29-38(27-25-32(33)28-35)53(52,36-15-5-3-6-16-36)37-17-7-4-8-18-37/h3-20,22-31H,21H2,1-2H3. The topological polar surface area (TPSA) is 22.0 Å². The molecule has 3 heteroatoms. The molecule has 0 amide bonds. The number of hydrogen-bond acceptors (Lipinski definition) is 1. The summed E-state index contributed by atoms with van der Waals surface area (Å²) in [6.07, 6.45) is 5.56. The number of aromatic nitrogens is 1. The number of hydrogen-bond donors (Lipinski definition) is 0. The average Bonchev–Trinajstić information content (AvgIpc) is 3.66. The van der Waals surface area contributed by atoms with E-state index in [1.807, 2.05) is 60.7 Å². The van der Waals surface area contributed by atoms with Gasteiger partial charge in [-0.1, -0.05) is 147 Å². The van der Waals surface area contributed by atoms with Gasteiger partial charge in [-0.25, -0.2) is 0 Å². The van der Waals surface area contributed by atoms with Gasteiger partial charge >= 0.3 is 0 Å². The first-order valence-corrected chi connectivity index (χ1v) is 20.2. The molecule has 2 aliphatic rings. The number of nitrogens with zero attached hydrogens (tertiary/aromatic N) is 1. The zero-order valence-corrected chi connectivity index (χ0v) is 30.6. The Morgan fingerprint density at radius 2 is 1.26 bits per heavy atom. The molecule has 9 aromatic rings. The maximum absolute atomic E-state index is 15.2. The molecule has 0 fully saturated rings. The van der Waals surface area contributed by atoms with E-state index in [0.29, 0.717) is 0 Å². The van der Waals surface area contributed by atoms with Crippen molar-refractivity contribution in [1.82, 2.24) is 4.57 Å². The predicted octanol–water partition coefficient (Wildman–Crippen LogP) is 11.6. The van der Waals surface area contributed by atoms with Gasteiger partial charge in [0.05, 0.1) is 11.0 Å². The lowest BCUT2D eigenvalue weighted by molar-refractivity contribution is 0.592. The second-order valence-corrected chi connectivity index (χ2v) is 18.0. The lowest BCUT2D eigenvalue weighted by Crippen LogP contribution is -2.24. The average molecular weight is 698 g/mol. The third-order valence-electron chi connectivity index (χ3n) is 12.0. The van der Waals surface area contributed by atoms with Crippen LogP contribution in [-0.4, -0.2) is 4.57 Å². The molecule has 2 aliphatic carbocycles. The van der Waals surface area contributed by atoms with Crippen LogP contribution in [0.5, 0.6) is 0 Å². The number of fused-ring (bicyclic) bond motifs is 9. The van der Waals surface area contributed by atoms with Gasteiger partial charge in [0.15, 0.2) is 7.14 Å². The minimum absolute atomic E-state index is 0.100. The van der Waals surface area contributed by atoms with Gasteiger partial charge in [0.1, 0.15) is 0 Å².